The molecule has 0 fully saturated rings. The fraction of sp³-hybridized carbons (Fsp3) is 0.0714. The van der Waals surface area contributed by atoms with Crippen LogP contribution >= 0.6 is 28.1 Å². The Morgan fingerprint density at radius 2 is 1.76 bits per heavy atom. The topological polar surface area (TPSA) is 72.2 Å². The van der Waals surface area contributed by atoms with Gasteiger partial charge in [0.2, 0.25) is 10.0 Å². The molecular formula is C14H13BrN2O2S2. The zero-order valence-corrected chi connectivity index (χ0v) is 14.1. The van der Waals surface area contributed by atoms with Crippen LogP contribution in [-0.2, 0) is 15.8 Å². The lowest BCUT2D eigenvalue weighted by Crippen LogP contribution is -2.19. The van der Waals surface area contributed by atoms with Crippen LogP contribution in [0.25, 0.3) is 0 Å². The smallest absolute Gasteiger partial charge is 0.236 e. The quantitative estimate of drug-likeness (QED) is 0.777. The Morgan fingerprint density at radius 3 is 2.43 bits per heavy atom. The molecule has 0 aliphatic carbocycles. The Hall–Kier alpha value is -1.44. The van der Waals surface area contributed by atoms with Gasteiger partial charge in [-0.25, -0.2) is 8.42 Å². The Bertz CT molecular complexity index is 776. The maximum atomic E-state index is 12.3. The number of benzene rings is 2. The standard InChI is InChI=1S/C14H13BrN2O2S2/c15-12-7-3-4-8-13(12)17-21(18,19)9-10-5-1-2-6-11(10)14(16)20/h1-8,17H,9H2,(H2,16,20). The van der Waals surface area contributed by atoms with Gasteiger partial charge in [-0.2, -0.15) is 0 Å². The minimum Gasteiger partial charge on any atom is -0.389 e. The van der Waals surface area contributed by atoms with E-state index < -0.39 is 10.0 Å². The molecule has 0 aliphatic heterocycles. The number of anilines is 1. The van der Waals surface area contributed by atoms with E-state index in [0.29, 0.717) is 21.3 Å². The van der Waals surface area contributed by atoms with E-state index in [0.717, 1.165) is 0 Å². The first-order valence-electron chi connectivity index (χ1n) is 6.02. The van der Waals surface area contributed by atoms with Crippen LogP contribution in [0, 0.1) is 0 Å². The lowest BCUT2D eigenvalue weighted by molar-refractivity contribution is 0.600. The number of hydrogen-bond donors (Lipinski definition) is 2. The molecule has 2 aromatic carbocycles. The molecule has 0 bridgehead atoms. The summed E-state index contributed by atoms with van der Waals surface area (Å²) >= 11 is 8.25. The summed E-state index contributed by atoms with van der Waals surface area (Å²) in [6.45, 7) is 0. The molecule has 110 valence electrons. The summed E-state index contributed by atoms with van der Waals surface area (Å²) in [4.78, 5) is 0.182. The van der Waals surface area contributed by atoms with Gasteiger partial charge in [0.1, 0.15) is 4.99 Å². The maximum absolute atomic E-state index is 12.3. The summed E-state index contributed by atoms with van der Waals surface area (Å²) in [5.41, 5.74) is 7.26. The van der Waals surface area contributed by atoms with Crippen LogP contribution in [0.1, 0.15) is 11.1 Å². The molecule has 0 unspecified atom stereocenters. The van der Waals surface area contributed by atoms with Crippen molar-refractivity contribution in [1.29, 1.82) is 0 Å². The van der Waals surface area contributed by atoms with Crippen LogP contribution in [0.2, 0.25) is 0 Å². The van der Waals surface area contributed by atoms with Crippen LogP contribution in [0.4, 0.5) is 5.69 Å². The minimum absolute atomic E-state index is 0.182. The summed E-state index contributed by atoms with van der Waals surface area (Å²) < 4.78 is 27.8. The second-order valence-corrected chi connectivity index (χ2v) is 7.38. The summed E-state index contributed by atoms with van der Waals surface area (Å²) in [5, 5.41) is 0. The molecule has 0 aliphatic rings. The molecule has 0 radical (unpaired) electrons. The lowest BCUT2D eigenvalue weighted by Gasteiger charge is -2.12. The molecule has 3 N–H and O–H groups in total. The van der Waals surface area contributed by atoms with Crippen LogP contribution in [0.15, 0.2) is 53.0 Å². The van der Waals surface area contributed by atoms with Gasteiger partial charge < -0.3 is 5.73 Å². The van der Waals surface area contributed by atoms with E-state index in [1.807, 2.05) is 6.07 Å². The van der Waals surface area contributed by atoms with Gasteiger partial charge in [0.25, 0.3) is 0 Å². The van der Waals surface area contributed by atoms with E-state index >= 15 is 0 Å². The average Bonchev–Trinajstić information content (AvgIpc) is 2.41. The van der Waals surface area contributed by atoms with Crippen molar-refractivity contribution in [3.8, 4) is 0 Å². The predicted octanol–water partition coefficient (Wildman–Crippen LogP) is 3.03. The molecular weight excluding hydrogens is 372 g/mol. The third kappa shape index (κ3) is 4.26. The van der Waals surface area contributed by atoms with Gasteiger partial charge in [-0.05, 0) is 33.6 Å². The van der Waals surface area contributed by atoms with Crippen molar-refractivity contribution in [2.45, 2.75) is 5.75 Å². The number of thiocarbonyl (C=S) groups is 1. The number of hydrogen-bond acceptors (Lipinski definition) is 3. The highest BCUT2D eigenvalue weighted by Crippen LogP contribution is 2.23. The van der Waals surface area contributed by atoms with E-state index in [9.17, 15) is 8.42 Å². The number of nitrogens with one attached hydrogen (secondary N) is 1. The Labute approximate surface area is 137 Å². The maximum Gasteiger partial charge on any atom is 0.236 e. The van der Waals surface area contributed by atoms with Crippen LogP contribution in [-0.4, -0.2) is 13.4 Å². The number of rotatable bonds is 5. The SMILES string of the molecule is NC(=S)c1ccccc1CS(=O)(=O)Nc1ccccc1Br. The number of para-hydroxylation sites is 1. The zero-order valence-electron chi connectivity index (χ0n) is 10.9. The van der Waals surface area contributed by atoms with E-state index in [4.69, 9.17) is 18.0 Å². The van der Waals surface area contributed by atoms with E-state index in [1.165, 1.54) is 0 Å². The van der Waals surface area contributed by atoms with Crippen molar-refractivity contribution in [2.24, 2.45) is 5.73 Å². The van der Waals surface area contributed by atoms with Gasteiger partial charge in [-0.3, -0.25) is 4.72 Å². The summed E-state index contributed by atoms with van der Waals surface area (Å²) in [6, 6.07) is 14.0. The third-order valence-electron chi connectivity index (χ3n) is 2.77. The Balaban J connectivity index is 2.27. The van der Waals surface area contributed by atoms with Crippen molar-refractivity contribution in [3.63, 3.8) is 0 Å². The lowest BCUT2D eigenvalue weighted by atomic mass is 10.1. The van der Waals surface area contributed by atoms with Gasteiger partial charge in [0.15, 0.2) is 0 Å². The van der Waals surface area contributed by atoms with Crippen LogP contribution in [0.3, 0.4) is 0 Å². The average molecular weight is 385 g/mol. The predicted molar refractivity (Wildman–Crippen MR) is 92.7 cm³/mol. The minimum atomic E-state index is -3.56. The monoisotopic (exact) mass is 384 g/mol. The number of sulfonamides is 1. The van der Waals surface area contributed by atoms with Crippen molar-refractivity contribution >= 4 is 48.8 Å². The Kier molecular flexibility index (Phi) is 4.97. The molecule has 4 nitrogen and oxygen atoms in total. The summed E-state index contributed by atoms with van der Waals surface area (Å²) in [5.74, 6) is -0.193. The molecule has 0 amide bonds. The molecule has 7 heteroatoms. The molecule has 2 rings (SSSR count). The normalized spacial score (nSPS) is 11.1. The van der Waals surface area contributed by atoms with Gasteiger partial charge in [0, 0.05) is 10.0 Å². The second kappa shape index (κ2) is 6.55. The molecule has 0 atom stereocenters. The molecule has 0 spiro atoms. The largest absolute Gasteiger partial charge is 0.389 e. The molecule has 0 aromatic heterocycles. The zero-order chi connectivity index (χ0) is 15.5. The van der Waals surface area contributed by atoms with Gasteiger partial charge in [-0.15, -0.1) is 0 Å². The first kappa shape index (κ1) is 15.9. The first-order chi connectivity index (χ1) is 9.89. The van der Waals surface area contributed by atoms with Crippen LogP contribution in [0.5, 0.6) is 0 Å². The molecule has 21 heavy (non-hydrogen) atoms. The van der Waals surface area contributed by atoms with E-state index in [-0.39, 0.29) is 10.7 Å². The number of nitrogens with two attached hydrogens (primary N) is 1. The molecule has 2 aromatic rings. The van der Waals surface area contributed by atoms with Crippen molar-refractivity contribution in [1.82, 2.24) is 0 Å². The van der Waals surface area contributed by atoms with Gasteiger partial charge >= 0.3 is 0 Å². The fourth-order valence-electron chi connectivity index (χ4n) is 1.84. The van der Waals surface area contributed by atoms with Gasteiger partial charge in [-0.1, -0.05) is 48.6 Å². The van der Waals surface area contributed by atoms with E-state index in [2.05, 4.69) is 20.7 Å². The fourth-order valence-corrected chi connectivity index (χ4v) is 3.80. The summed E-state index contributed by atoms with van der Waals surface area (Å²) in [6.07, 6.45) is 0. The van der Waals surface area contributed by atoms with Crippen molar-refractivity contribution in [2.75, 3.05) is 4.72 Å². The molecule has 0 saturated heterocycles. The summed E-state index contributed by atoms with van der Waals surface area (Å²) in [7, 11) is -3.56. The highest BCUT2D eigenvalue weighted by molar-refractivity contribution is 9.10. The van der Waals surface area contributed by atoms with Crippen LogP contribution < -0.4 is 10.5 Å². The Morgan fingerprint density at radius 1 is 1.14 bits per heavy atom. The van der Waals surface area contributed by atoms with Gasteiger partial charge in [0.05, 0.1) is 11.4 Å². The van der Waals surface area contributed by atoms with Crippen molar-refractivity contribution < 1.29 is 8.42 Å². The second-order valence-electron chi connectivity index (χ2n) is 4.36. The highest BCUT2D eigenvalue weighted by atomic mass is 79.9. The van der Waals surface area contributed by atoms with E-state index in [1.54, 1.807) is 42.5 Å². The van der Waals surface area contributed by atoms with Crippen molar-refractivity contribution in [3.05, 3.63) is 64.1 Å². The molecule has 0 heterocycles. The third-order valence-corrected chi connectivity index (χ3v) is 4.90. The molecule has 0 saturated carbocycles. The highest BCUT2D eigenvalue weighted by Gasteiger charge is 2.16. The first-order valence-corrected chi connectivity index (χ1v) is 8.87. The number of halogens is 1.